The molecule has 108 valence electrons. The van der Waals surface area contributed by atoms with Crippen LogP contribution in [0.25, 0.3) is 0 Å². The normalized spacial score (nSPS) is 12.4. The van der Waals surface area contributed by atoms with E-state index in [-0.39, 0.29) is 0 Å². The smallest absolute Gasteiger partial charge is 0.252 e. The van der Waals surface area contributed by atoms with Crippen molar-refractivity contribution in [3.63, 3.8) is 0 Å². The standard InChI is InChI=1S/C10H11ClF3NO3S/c11-8-5-7(1-2-9(8)12)19(17,18)15(3-4-16)6-10(13)14/h1-2,5,10,16H,3-4,6H2. The van der Waals surface area contributed by atoms with E-state index >= 15 is 0 Å². The quantitative estimate of drug-likeness (QED) is 0.869. The molecule has 0 bridgehead atoms. The Morgan fingerprint density at radius 1 is 1.37 bits per heavy atom. The zero-order chi connectivity index (χ0) is 14.6. The van der Waals surface area contributed by atoms with Crippen LogP contribution in [0, 0.1) is 5.82 Å². The van der Waals surface area contributed by atoms with Gasteiger partial charge in [-0.25, -0.2) is 21.6 Å². The first kappa shape index (κ1) is 16.2. The van der Waals surface area contributed by atoms with Crippen molar-refractivity contribution in [2.24, 2.45) is 0 Å². The minimum absolute atomic E-state index is 0.409. The average molecular weight is 318 g/mol. The summed E-state index contributed by atoms with van der Waals surface area (Å²) in [5, 5.41) is 8.29. The molecular formula is C10H11ClF3NO3S. The van der Waals surface area contributed by atoms with E-state index in [0.29, 0.717) is 4.31 Å². The number of hydrogen-bond acceptors (Lipinski definition) is 3. The number of alkyl halides is 2. The molecule has 0 fully saturated rings. The van der Waals surface area contributed by atoms with Crippen LogP contribution in [-0.4, -0.2) is 44.0 Å². The van der Waals surface area contributed by atoms with Gasteiger partial charge in [0.15, 0.2) is 0 Å². The first-order valence-corrected chi connectivity index (χ1v) is 6.95. The molecule has 4 nitrogen and oxygen atoms in total. The molecule has 1 aromatic rings. The molecule has 1 N–H and O–H groups in total. The molecule has 0 saturated carbocycles. The Labute approximate surface area is 113 Å². The van der Waals surface area contributed by atoms with Crippen LogP contribution in [0.3, 0.4) is 0 Å². The van der Waals surface area contributed by atoms with Gasteiger partial charge in [-0.2, -0.15) is 4.31 Å². The maximum atomic E-state index is 12.9. The van der Waals surface area contributed by atoms with E-state index in [9.17, 15) is 21.6 Å². The SMILES string of the molecule is O=S(=O)(c1ccc(F)c(Cl)c1)N(CCO)CC(F)F. The lowest BCUT2D eigenvalue weighted by Crippen LogP contribution is -2.37. The Bertz CT molecular complexity index is 539. The third kappa shape index (κ3) is 4.07. The van der Waals surface area contributed by atoms with Crippen LogP contribution in [0.1, 0.15) is 0 Å². The summed E-state index contributed by atoms with van der Waals surface area (Å²) < 4.78 is 62.1. The molecule has 1 aromatic carbocycles. The third-order valence-electron chi connectivity index (χ3n) is 2.22. The number of halogens is 4. The van der Waals surface area contributed by atoms with Crippen molar-refractivity contribution < 1.29 is 26.7 Å². The van der Waals surface area contributed by atoms with Gasteiger partial charge in [-0.05, 0) is 18.2 Å². The van der Waals surface area contributed by atoms with Crippen LogP contribution < -0.4 is 0 Å². The van der Waals surface area contributed by atoms with Gasteiger partial charge in [0.1, 0.15) is 5.82 Å². The molecule has 0 radical (unpaired) electrons. The van der Waals surface area contributed by atoms with Gasteiger partial charge in [0, 0.05) is 6.54 Å². The van der Waals surface area contributed by atoms with Crippen LogP contribution in [0.4, 0.5) is 13.2 Å². The van der Waals surface area contributed by atoms with Crippen molar-refractivity contribution in [1.82, 2.24) is 4.31 Å². The van der Waals surface area contributed by atoms with Crippen molar-refractivity contribution >= 4 is 21.6 Å². The molecule has 0 aliphatic rings. The van der Waals surface area contributed by atoms with Crippen LogP contribution in [-0.2, 0) is 10.0 Å². The Kier molecular flexibility index (Phi) is 5.60. The highest BCUT2D eigenvalue weighted by Gasteiger charge is 2.27. The highest BCUT2D eigenvalue weighted by molar-refractivity contribution is 7.89. The molecule has 0 saturated heterocycles. The average Bonchev–Trinajstić information content (AvgIpc) is 2.31. The number of benzene rings is 1. The van der Waals surface area contributed by atoms with Crippen LogP contribution in [0.15, 0.2) is 23.1 Å². The van der Waals surface area contributed by atoms with E-state index in [0.717, 1.165) is 18.2 Å². The summed E-state index contributed by atoms with van der Waals surface area (Å²) in [5.74, 6) is -0.816. The van der Waals surface area contributed by atoms with Crippen LogP contribution in [0.2, 0.25) is 5.02 Å². The molecule has 0 atom stereocenters. The van der Waals surface area contributed by atoms with Crippen molar-refractivity contribution in [3.8, 4) is 0 Å². The summed E-state index contributed by atoms with van der Waals surface area (Å²) in [5.41, 5.74) is 0. The zero-order valence-corrected chi connectivity index (χ0v) is 11.1. The number of nitrogens with zero attached hydrogens (tertiary/aromatic N) is 1. The number of rotatable bonds is 6. The Morgan fingerprint density at radius 2 is 2.00 bits per heavy atom. The molecule has 0 aliphatic carbocycles. The lowest BCUT2D eigenvalue weighted by Gasteiger charge is -2.20. The van der Waals surface area contributed by atoms with E-state index in [1.807, 2.05) is 0 Å². The maximum absolute atomic E-state index is 12.9. The number of hydrogen-bond donors (Lipinski definition) is 1. The van der Waals surface area contributed by atoms with E-state index in [4.69, 9.17) is 16.7 Å². The van der Waals surface area contributed by atoms with Gasteiger partial charge in [-0.1, -0.05) is 11.6 Å². The minimum Gasteiger partial charge on any atom is -0.395 e. The number of aliphatic hydroxyl groups is 1. The predicted molar refractivity (Wildman–Crippen MR) is 63.3 cm³/mol. The molecule has 0 aromatic heterocycles. The lowest BCUT2D eigenvalue weighted by molar-refractivity contribution is 0.113. The zero-order valence-electron chi connectivity index (χ0n) is 9.56. The van der Waals surface area contributed by atoms with Gasteiger partial charge < -0.3 is 5.11 Å². The molecule has 1 rings (SSSR count). The monoisotopic (exact) mass is 317 g/mol. The summed E-state index contributed by atoms with van der Waals surface area (Å²) in [6.45, 7) is -2.15. The molecule has 0 heterocycles. The van der Waals surface area contributed by atoms with Gasteiger partial charge in [-0.15, -0.1) is 0 Å². The fourth-order valence-electron chi connectivity index (χ4n) is 1.36. The summed E-state index contributed by atoms with van der Waals surface area (Å²) >= 11 is 5.45. The highest BCUT2D eigenvalue weighted by atomic mass is 35.5. The first-order valence-electron chi connectivity index (χ1n) is 5.13. The van der Waals surface area contributed by atoms with Crippen LogP contribution in [0.5, 0.6) is 0 Å². The molecule has 9 heteroatoms. The Morgan fingerprint density at radius 3 is 2.47 bits per heavy atom. The molecule has 0 unspecified atom stereocenters. The molecular weight excluding hydrogens is 307 g/mol. The van der Waals surface area contributed by atoms with E-state index < -0.39 is 51.9 Å². The maximum Gasteiger partial charge on any atom is 0.252 e. The van der Waals surface area contributed by atoms with E-state index in [1.165, 1.54) is 0 Å². The van der Waals surface area contributed by atoms with Crippen molar-refractivity contribution in [3.05, 3.63) is 29.0 Å². The highest BCUT2D eigenvalue weighted by Crippen LogP contribution is 2.22. The van der Waals surface area contributed by atoms with Gasteiger partial charge in [0.2, 0.25) is 10.0 Å². The first-order chi connectivity index (χ1) is 8.78. The minimum atomic E-state index is -4.26. The van der Waals surface area contributed by atoms with Gasteiger partial charge >= 0.3 is 0 Å². The topological polar surface area (TPSA) is 57.6 Å². The predicted octanol–water partition coefficient (Wildman–Crippen LogP) is 1.73. The van der Waals surface area contributed by atoms with E-state index in [1.54, 1.807) is 0 Å². The van der Waals surface area contributed by atoms with Crippen molar-refractivity contribution in [1.29, 1.82) is 0 Å². The Balaban J connectivity index is 3.14. The largest absolute Gasteiger partial charge is 0.395 e. The number of aliphatic hydroxyl groups excluding tert-OH is 1. The second-order valence-corrected chi connectivity index (χ2v) is 5.90. The summed E-state index contributed by atoms with van der Waals surface area (Å²) in [7, 11) is -4.26. The summed E-state index contributed by atoms with van der Waals surface area (Å²) in [4.78, 5) is -0.409. The second-order valence-electron chi connectivity index (χ2n) is 3.55. The fourth-order valence-corrected chi connectivity index (χ4v) is 3.04. The van der Waals surface area contributed by atoms with Gasteiger partial charge in [-0.3, -0.25) is 0 Å². The van der Waals surface area contributed by atoms with Crippen molar-refractivity contribution in [2.45, 2.75) is 11.3 Å². The summed E-state index contributed by atoms with van der Waals surface area (Å²) in [6, 6.07) is 2.59. The van der Waals surface area contributed by atoms with Gasteiger partial charge in [0.05, 0.1) is 23.1 Å². The molecule has 0 spiro atoms. The van der Waals surface area contributed by atoms with E-state index in [2.05, 4.69) is 0 Å². The molecule has 19 heavy (non-hydrogen) atoms. The molecule has 0 aliphatic heterocycles. The Hall–Kier alpha value is -0.830. The fraction of sp³-hybridized carbons (Fsp3) is 0.400. The van der Waals surface area contributed by atoms with Crippen molar-refractivity contribution in [2.75, 3.05) is 19.7 Å². The third-order valence-corrected chi connectivity index (χ3v) is 4.37. The van der Waals surface area contributed by atoms with Crippen LogP contribution >= 0.6 is 11.6 Å². The summed E-state index contributed by atoms with van der Waals surface area (Å²) in [6.07, 6.45) is -2.89. The number of sulfonamides is 1. The second kappa shape index (κ2) is 6.56. The van der Waals surface area contributed by atoms with Gasteiger partial charge in [0.25, 0.3) is 6.43 Å². The molecule has 0 amide bonds. The lowest BCUT2D eigenvalue weighted by atomic mass is 10.3.